The third kappa shape index (κ3) is 4.02. The van der Waals surface area contributed by atoms with E-state index in [1.807, 2.05) is 0 Å². The molecule has 26 heavy (non-hydrogen) atoms. The standard InChI is InChI=1S/C18H12F3NO4/c19-18(20,21)13-3-1-2-4-14(13)22-16(23)10-25-12-7-5-11-6-8-17(24)26-15(11)9-12/h1-9H,10H2,(H,22,23). The Labute approximate surface area is 145 Å². The highest BCUT2D eigenvalue weighted by Crippen LogP contribution is 2.34. The van der Waals surface area contributed by atoms with Gasteiger partial charge in [-0.05, 0) is 30.3 Å². The Hall–Kier alpha value is -3.29. The van der Waals surface area contributed by atoms with Crippen LogP contribution in [0.4, 0.5) is 18.9 Å². The van der Waals surface area contributed by atoms with Crippen LogP contribution in [0.3, 0.4) is 0 Å². The predicted molar refractivity (Wildman–Crippen MR) is 88.1 cm³/mol. The maximum atomic E-state index is 12.9. The van der Waals surface area contributed by atoms with Gasteiger partial charge in [-0.2, -0.15) is 13.2 Å². The summed E-state index contributed by atoms with van der Waals surface area (Å²) in [6, 6.07) is 12.1. The molecule has 0 aliphatic heterocycles. The summed E-state index contributed by atoms with van der Waals surface area (Å²) in [5.41, 5.74) is -1.55. The topological polar surface area (TPSA) is 68.5 Å². The van der Waals surface area contributed by atoms with Gasteiger partial charge < -0.3 is 14.5 Å². The average Bonchev–Trinajstić information content (AvgIpc) is 2.59. The van der Waals surface area contributed by atoms with Gasteiger partial charge in [0.05, 0.1) is 11.3 Å². The maximum absolute atomic E-state index is 12.9. The number of hydrogen-bond acceptors (Lipinski definition) is 4. The highest BCUT2D eigenvalue weighted by atomic mass is 19.4. The van der Waals surface area contributed by atoms with Crippen molar-refractivity contribution in [3.63, 3.8) is 0 Å². The molecule has 0 bridgehead atoms. The average molecular weight is 363 g/mol. The second-order valence-electron chi connectivity index (χ2n) is 5.33. The van der Waals surface area contributed by atoms with Crippen LogP contribution in [-0.4, -0.2) is 12.5 Å². The fraction of sp³-hybridized carbons (Fsp3) is 0.111. The third-order valence-electron chi connectivity index (χ3n) is 3.47. The van der Waals surface area contributed by atoms with Gasteiger partial charge in [0.15, 0.2) is 6.61 Å². The minimum Gasteiger partial charge on any atom is -0.484 e. The van der Waals surface area contributed by atoms with Crippen molar-refractivity contribution < 1.29 is 27.1 Å². The molecule has 0 saturated heterocycles. The predicted octanol–water partition coefficient (Wildman–Crippen LogP) is 3.83. The summed E-state index contributed by atoms with van der Waals surface area (Å²) in [5, 5.41) is 2.84. The Morgan fingerprint density at radius 1 is 1.08 bits per heavy atom. The number of benzene rings is 2. The van der Waals surface area contributed by atoms with E-state index in [4.69, 9.17) is 9.15 Å². The van der Waals surface area contributed by atoms with Crippen LogP contribution in [0.1, 0.15) is 5.56 Å². The van der Waals surface area contributed by atoms with E-state index in [0.717, 1.165) is 12.1 Å². The summed E-state index contributed by atoms with van der Waals surface area (Å²) >= 11 is 0. The zero-order valence-electron chi connectivity index (χ0n) is 13.2. The van der Waals surface area contributed by atoms with Gasteiger partial charge in [0.2, 0.25) is 0 Å². The van der Waals surface area contributed by atoms with Crippen molar-refractivity contribution in [2.45, 2.75) is 6.18 Å². The molecular weight excluding hydrogens is 351 g/mol. The van der Waals surface area contributed by atoms with E-state index < -0.39 is 29.9 Å². The summed E-state index contributed by atoms with van der Waals surface area (Å²) in [7, 11) is 0. The number of nitrogens with one attached hydrogen (secondary N) is 1. The highest BCUT2D eigenvalue weighted by molar-refractivity contribution is 5.92. The molecule has 0 aliphatic carbocycles. The molecule has 1 aromatic heterocycles. The fourth-order valence-electron chi connectivity index (χ4n) is 2.31. The van der Waals surface area contributed by atoms with E-state index in [0.29, 0.717) is 5.39 Å². The first-order valence-corrected chi connectivity index (χ1v) is 7.46. The minimum absolute atomic E-state index is 0.242. The van der Waals surface area contributed by atoms with Crippen LogP contribution in [0, 0.1) is 0 Å². The molecule has 0 aliphatic rings. The van der Waals surface area contributed by atoms with Crippen molar-refractivity contribution in [3.8, 4) is 5.75 Å². The lowest BCUT2D eigenvalue weighted by Crippen LogP contribution is -2.22. The van der Waals surface area contributed by atoms with Gasteiger partial charge in [-0.15, -0.1) is 0 Å². The molecule has 3 rings (SSSR count). The van der Waals surface area contributed by atoms with Gasteiger partial charge in [0.1, 0.15) is 11.3 Å². The second-order valence-corrected chi connectivity index (χ2v) is 5.33. The molecule has 1 N–H and O–H groups in total. The number of hydrogen-bond donors (Lipinski definition) is 1. The van der Waals surface area contributed by atoms with E-state index in [1.54, 1.807) is 18.2 Å². The molecule has 0 atom stereocenters. The molecule has 2 aromatic carbocycles. The van der Waals surface area contributed by atoms with Crippen molar-refractivity contribution in [1.82, 2.24) is 0 Å². The first-order valence-electron chi connectivity index (χ1n) is 7.46. The molecule has 134 valence electrons. The number of anilines is 1. The Morgan fingerprint density at radius 3 is 2.58 bits per heavy atom. The minimum atomic E-state index is -4.58. The van der Waals surface area contributed by atoms with Gasteiger partial charge in [-0.1, -0.05) is 12.1 Å². The largest absolute Gasteiger partial charge is 0.484 e. The first-order chi connectivity index (χ1) is 12.3. The van der Waals surface area contributed by atoms with Crippen molar-refractivity contribution in [2.75, 3.05) is 11.9 Å². The van der Waals surface area contributed by atoms with Gasteiger partial charge >= 0.3 is 11.8 Å². The highest BCUT2D eigenvalue weighted by Gasteiger charge is 2.33. The molecule has 0 radical (unpaired) electrons. The molecule has 1 heterocycles. The number of para-hydroxylation sites is 1. The van der Waals surface area contributed by atoms with Crippen LogP contribution >= 0.6 is 0 Å². The van der Waals surface area contributed by atoms with Crippen molar-refractivity contribution >= 4 is 22.6 Å². The zero-order chi connectivity index (χ0) is 18.7. The zero-order valence-corrected chi connectivity index (χ0v) is 13.2. The Bertz CT molecular complexity index is 1010. The molecule has 0 unspecified atom stereocenters. The van der Waals surface area contributed by atoms with E-state index in [-0.39, 0.29) is 17.0 Å². The van der Waals surface area contributed by atoms with E-state index in [9.17, 15) is 22.8 Å². The van der Waals surface area contributed by atoms with Gasteiger partial charge in [-0.25, -0.2) is 4.79 Å². The number of fused-ring (bicyclic) bond motifs is 1. The fourth-order valence-corrected chi connectivity index (χ4v) is 2.31. The molecule has 8 heteroatoms. The number of rotatable bonds is 4. The van der Waals surface area contributed by atoms with E-state index >= 15 is 0 Å². The number of halogens is 3. The summed E-state index contributed by atoms with van der Waals surface area (Å²) in [5.74, 6) is -0.512. The van der Waals surface area contributed by atoms with Crippen LogP contribution in [0.25, 0.3) is 11.0 Å². The first kappa shape index (κ1) is 17.5. The molecule has 1 amide bonds. The monoisotopic (exact) mass is 363 g/mol. The number of carbonyl (C=O) groups excluding carboxylic acids is 1. The van der Waals surface area contributed by atoms with Crippen molar-refractivity contribution in [2.24, 2.45) is 0 Å². The lowest BCUT2D eigenvalue weighted by molar-refractivity contribution is -0.137. The molecule has 0 saturated carbocycles. The third-order valence-corrected chi connectivity index (χ3v) is 3.47. The molecule has 0 fully saturated rings. The Kier molecular flexibility index (Phi) is 4.66. The normalized spacial score (nSPS) is 11.3. The number of ether oxygens (including phenoxy) is 1. The molecule has 0 spiro atoms. The van der Waals surface area contributed by atoms with Crippen LogP contribution in [0.2, 0.25) is 0 Å². The van der Waals surface area contributed by atoms with Crippen LogP contribution < -0.4 is 15.7 Å². The van der Waals surface area contributed by atoms with Crippen molar-refractivity contribution in [1.29, 1.82) is 0 Å². The Balaban J connectivity index is 1.69. The number of alkyl halides is 3. The number of amides is 1. The van der Waals surface area contributed by atoms with E-state index in [1.165, 1.54) is 24.3 Å². The molecule has 5 nitrogen and oxygen atoms in total. The lowest BCUT2D eigenvalue weighted by atomic mass is 10.1. The molecule has 3 aromatic rings. The summed E-state index contributed by atoms with van der Waals surface area (Å²) in [6.07, 6.45) is -4.58. The smallest absolute Gasteiger partial charge is 0.418 e. The lowest BCUT2D eigenvalue weighted by Gasteiger charge is -2.13. The quantitative estimate of drug-likeness (QED) is 0.716. The van der Waals surface area contributed by atoms with E-state index in [2.05, 4.69) is 5.32 Å². The van der Waals surface area contributed by atoms with Crippen LogP contribution in [0.5, 0.6) is 5.75 Å². The SMILES string of the molecule is O=C(COc1ccc2ccc(=O)oc2c1)Nc1ccccc1C(F)(F)F. The van der Waals surface area contributed by atoms with Crippen molar-refractivity contribution in [3.05, 3.63) is 70.6 Å². The summed E-state index contributed by atoms with van der Waals surface area (Å²) in [4.78, 5) is 23.1. The van der Waals surface area contributed by atoms with Gasteiger partial charge in [0.25, 0.3) is 5.91 Å². The second kappa shape index (κ2) is 6.91. The van der Waals surface area contributed by atoms with Crippen LogP contribution in [0.15, 0.2) is 63.8 Å². The maximum Gasteiger partial charge on any atom is 0.418 e. The van der Waals surface area contributed by atoms with Gasteiger partial charge in [0, 0.05) is 17.5 Å². The van der Waals surface area contributed by atoms with Gasteiger partial charge in [-0.3, -0.25) is 4.79 Å². The molecular formula is C18H12F3NO4. The Morgan fingerprint density at radius 2 is 1.81 bits per heavy atom. The van der Waals surface area contributed by atoms with Crippen LogP contribution in [-0.2, 0) is 11.0 Å². The summed E-state index contributed by atoms with van der Waals surface area (Å²) in [6.45, 7) is -0.505. The summed E-state index contributed by atoms with van der Waals surface area (Å²) < 4.78 is 49.0. The number of carbonyl (C=O) groups is 1.